The molecule has 0 aliphatic carbocycles. The van der Waals surface area contributed by atoms with Gasteiger partial charge < -0.3 is 11.1 Å². The Kier molecular flexibility index (Phi) is 3.56. The zero-order chi connectivity index (χ0) is 13.4. The van der Waals surface area contributed by atoms with E-state index in [1.807, 2.05) is 20.8 Å². The lowest BCUT2D eigenvalue weighted by Gasteiger charge is -2.26. The minimum absolute atomic E-state index is 0.0118. The van der Waals surface area contributed by atoms with Crippen LogP contribution < -0.4 is 11.1 Å². The van der Waals surface area contributed by atoms with Crippen molar-refractivity contribution in [1.29, 1.82) is 0 Å². The van der Waals surface area contributed by atoms with Gasteiger partial charge in [0.1, 0.15) is 6.04 Å². The number of rotatable bonds is 2. The molecule has 3 amide bonds. The van der Waals surface area contributed by atoms with Crippen molar-refractivity contribution in [2.24, 2.45) is 11.1 Å². The molecule has 0 saturated carbocycles. The monoisotopic (exact) mass is 241 g/mol. The molecule has 1 rings (SSSR count). The Morgan fingerprint density at radius 3 is 2.35 bits per heavy atom. The number of hydrogen-bond donors (Lipinski definition) is 2. The summed E-state index contributed by atoms with van der Waals surface area (Å²) in [7, 11) is 1.40. The van der Waals surface area contributed by atoms with E-state index in [9.17, 15) is 14.4 Å². The van der Waals surface area contributed by atoms with Gasteiger partial charge in [0.05, 0.1) is 12.5 Å². The molecule has 6 heteroatoms. The van der Waals surface area contributed by atoms with Gasteiger partial charge in [-0.3, -0.25) is 19.3 Å². The van der Waals surface area contributed by atoms with Gasteiger partial charge in [-0.1, -0.05) is 20.8 Å². The molecule has 0 bridgehead atoms. The third-order valence-corrected chi connectivity index (χ3v) is 2.91. The van der Waals surface area contributed by atoms with Crippen LogP contribution in [0.15, 0.2) is 0 Å². The molecule has 2 unspecified atom stereocenters. The van der Waals surface area contributed by atoms with E-state index in [1.54, 1.807) is 0 Å². The highest BCUT2D eigenvalue weighted by atomic mass is 16.2. The van der Waals surface area contributed by atoms with E-state index in [0.29, 0.717) is 0 Å². The highest BCUT2D eigenvalue weighted by Gasteiger charge is 2.38. The number of imide groups is 1. The van der Waals surface area contributed by atoms with E-state index < -0.39 is 18.0 Å². The van der Waals surface area contributed by atoms with Crippen LogP contribution in [0.3, 0.4) is 0 Å². The Morgan fingerprint density at radius 1 is 1.47 bits per heavy atom. The highest BCUT2D eigenvalue weighted by Crippen LogP contribution is 2.18. The number of nitrogens with zero attached hydrogens (tertiary/aromatic N) is 1. The SMILES string of the molecule is CN1C(=O)CC(NC(=O)C(N)C(C)(C)C)C1=O. The first-order valence-corrected chi connectivity index (χ1v) is 5.51. The number of carbonyl (C=O) groups is 3. The number of carbonyl (C=O) groups excluding carboxylic acids is 3. The van der Waals surface area contributed by atoms with Crippen LogP contribution in [0.2, 0.25) is 0 Å². The summed E-state index contributed by atoms with van der Waals surface area (Å²) in [6.07, 6.45) is 0.0118. The molecule has 0 radical (unpaired) electrons. The summed E-state index contributed by atoms with van der Waals surface area (Å²) < 4.78 is 0. The zero-order valence-electron chi connectivity index (χ0n) is 10.6. The number of amides is 3. The molecule has 3 N–H and O–H groups in total. The van der Waals surface area contributed by atoms with Crippen LogP contribution in [0, 0.1) is 5.41 Å². The lowest BCUT2D eigenvalue weighted by atomic mass is 9.87. The fraction of sp³-hybridized carbons (Fsp3) is 0.727. The molecule has 1 fully saturated rings. The van der Waals surface area contributed by atoms with Crippen LogP contribution in [0.25, 0.3) is 0 Å². The van der Waals surface area contributed by atoms with E-state index in [-0.39, 0.29) is 23.7 Å². The van der Waals surface area contributed by atoms with Crippen molar-refractivity contribution in [2.45, 2.75) is 39.3 Å². The first kappa shape index (κ1) is 13.6. The van der Waals surface area contributed by atoms with Crippen LogP contribution in [0.4, 0.5) is 0 Å². The molecule has 0 aromatic rings. The van der Waals surface area contributed by atoms with Crippen molar-refractivity contribution < 1.29 is 14.4 Å². The maximum absolute atomic E-state index is 11.8. The van der Waals surface area contributed by atoms with Gasteiger partial charge in [-0.25, -0.2) is 0 Å². The molecule has 6 nitrogen and oxygen atoms in total. The van der Waals surface area contributed by atoms with Gasteiger partial charge in [-0.2, -0.15) is 0 Å². The Morgan fingerprint density at radius 2 is 2.00 bits per heavy atom. The second-order valence-corrected chi connectivity index (χ2v) is 5.40. The van der Waals surface area contributed by atoms with E-state index in [2.05, 4.69) is 5.32 Å². The normalized spacial score (nSPS) is 22.9. The molecule has 1 aliphatic heterocycles. The summed E-state index contributed by atoms with van der Waals surface area (Å²) in [5.74, 6) is -1.08. The van der Waals surface area contributed by atoms with Crippen molar-refractivity contribution in [3.63, 3.8) is 0 Å². The minimum Gasteiger partial charge on any atom is -0.342 e. The lowest BCUT2D eigenvalue weighted by Crippen LogP contribution is -2.52. The maximum atomic E-state index is 11.8. The Balaban J connectivity index is 2.65. The first-order valence-electron chi connectivity index (χ1n) is 5.51. The lowest BCUT2D eigenvalue weighted by molar-refractivity contribution is -0.138. The summed E-state index contributed by atoms with van der Waals surface area (Å²) in [6, 6.07) is -1.48. The van der Waals surface area contributed by atoms with Crippen molar-refractivity contribution in [3.8, 4) is 0 Å². The quantitative estimate of drug-likeness (QED) is 0.621. The van der Waals surface area contributed by atoms with Crippen LogP contribution in [0.5, 0.6) is 0 Å². The summed E-state index contributed by atoms with van der Waals surface area (Å²) in [4.78, 5) is 35.6. The molecule has 0 spiro atoms. The fourth-order valence-corrected chi connectivity index (χ4v) is 1.52. The highest BCUT2D eigenvalue weighted by molar-refractivity contribution is 6.06. The molecule has 1 heterocycles. The van der Waals surface area contributed by atoms with Gasteiger partial charge in [-0.05, 0) is 5.41 Å². The summed E-state index contributed by atoms with van der Waals surface area (Å²) in [5.41, 5.74) is 5.38. The number of nitrogens with two attached hydrogens (primary N) is 1. The van der Waals surface area contributed by atoms with E-state index in [4.69, 9.17) is 5.73 Å². The molecular formula is C11H19N3O3. The largest absolute Gasteiger partial charge is 0.342 e. The predicted octanol–water partition coefficient (Wildman–Crippen LogP) is -0.767. The number of nitrogens with one attached hydrogen (secondary N) is 1. The molecule has 17 heavy (non-hydrogen) atoms. The Hall–Kier alpha value is -1.43. The number of hydrogen-bond acceptors (Lipinski definition) is 4. The molecule has 0 aromatic carbocycles. The molecule has 2 atom stereocenters. The van der Waals surface area contributed by atoms with Gasteiger partial charge in [-0.15, -0.1) is 0 Å². The van der Waals surface area contributed by atoms with Crippen molar-refractivity contribution in [1.82, 2.24) is 10.2 Å². The molecule has 1 saturated heterocycles. The molecule has 96 valence electrons. The average Bonchev–Trinajstić information content (AvgIpc) is 2.44. The van der Waals surface area contributed by atoms with Gasteiger partial charge in [0, 0.05) is 7.05 Å². The average molecular weight is 241 g/mol. The van der Waals surface area contributed by atoms with E-state index >= 15 is 0 Å². The summed E-state index contributed by atoms with van der Waals surface area (Å²) in [5, 5.41) is 2.52. The van der Waals surface area contributed by atoms with Crippen LogP contribution in [-0.2, 0) is 14.4 Å². The fourth-order valence-electron chi connectivity index (χ4n) is 1.52. The minimum atomic E-state index is -0.770. The summed E-state index contributed by atoms with van der Waals surface area (Å²) >= 11 is 0. The Labute approximate surface area is 101 Å². The zero-order valence-corrected chi connectivity index (χ0v) is 10.6. The van der Waals surface area contributed by atoms with Crippen LogP contribution >= 0.6 is 0 Å². The van der Waals surface area contributed by atoms with Crippen molar-refractivity contribution >= 4 is 17.7 Å². The topological polar surface area (TPSA) is 92.5 Å². The van der Waals surface area contributed by atoms with E-state index in [1.165, 1.54) is 7.05 Å². The maximum Gasteiger partial charge on any atom is 0.252 e. The number of likely N-dealkylation sites (N-methyl/N-ethyl adjacent to an activating group) is 1. The van der Waals surface area contributed by atoms with Crippen LogP contribution in [-0.4, -0.2) is 41.8 Å². The van der Waals surface area contributed by atoms with E-state index in [0.717, 1.165) is 4.90 Å². The standard InChI is InChI=1S/C11H19N3O3/c1-11(2,3)8(12)9(16)13-6-5-7(15)14(4)10(6)17/h6,8H,5,12H2,1-4H3,(H,13,16). The molecule has 1 aliphatic rings. The first-order chi connectivity index (χ1) is 7.64. The third-order valence-electron chi connectivity index (χ3n) is 2.91. The smallest absolute Gasteiger partial charge is 0.252 e. The summed E-state index contributed by atoms with van der Waals surface area (Å²) in [6.45, 7) is 5.51. The van der Waals surface area contributed by atoms with Gasteiger partial charge in [0.25, 0.3) is 5.91 Å². The van der Waals surface area contributed by atoms with Crippen molar-refractivity contribution in [2.75, 3.05) is 7.05 Å². The van der Waals surface area contributed by atoms with Gasteiger partial charge in [0.2, 0.25) is 11.8 Å². The number of likely N-dealkylation sites (tertiary alicyclic amines) is 1. The second kappa shape index (κ2) is 4.44. The van der Waals surface area contributed by atoms with Crippen molar-refractivity contribution in [3.05, 3.63) is 0 Å². The van der Waals surface area contributed by atoms with Gasteiger partial charge >= 0.3 is 0 Å². The Bertz CT molecular complexity index is 359. The van der Waals surface area contributed by atoms with Crippen LogP contribution in [0.1, 0.15) is 27.2 Å². The predicted molar refractivity (Wildman–Crippen MR) is 61.8 cm³/mol. The second-order valence-electron chi connectivity index (χ2n) is 5.40. The molecular weight excluding hydrogens is 222 g/mol. The molecule has 0 aromatic heterocycles. The van der Waals surface area contributed by atoms with Gasteiger partial charge in [0.15, 0.2) is 0 Å². The third kappa shape index (κ3) is 2.82.